The van der Waals surface area contributed by atoms with Crippen molar-refractivity contribution in [3.8, 4) is 0 Å². The van der Waals surface area contributed by atoms with E-state index in [0.29, 0.717) is 10.8 Å². The van der Waals surface area contributed by atoms with Crippen LogP contribution in [0.15, 0.2) is 11.6 Å². The highest BCUT2D eigenvalue weighted by molar-refractivity contribution is 5.25. The lowest BCUT2D eigenvalue weighted by Gasteiger charge is -2.58. The van der Waals surface area contributed by atoms with Crippen LogP contribution in [-0.4, -0.2) is 0 Å². The van der Waals surface area contributed by atoms with E-state index in [4.69, 9.17) is 0 Å². The summed E-state index contributed by atoms with van der Waals surface area (Å²) in [5, 5.41) is 0. The summed E-state index contributed by atoms with van der Waals surface area (Å²) in [5.41, 5.74) is 3.05. The highest BCUT2D eigenvalue weighted by atomic mass is 14.6. The highest BCUT2D eigenvalue weighted by Gasteiger charge is 2.58. The first kappa shape index (κ1) is 22.9. The predicted octanol–water partition coefficient (Wildman–Crippen LogP) is 9.30. The normalized spacial score (nSPS) is 45.3. The number of rotatable bonds is 6. The lowest BCUT2D eigenvalue weighted by molar-refractivity contribution is -0.0525. The molecule has 0 amide bonds. The molecule has 0 heterocycles. The van der Waals surface area contributed by atoms with Gasteiger partial charge < -0.3 is 0 Å². The molecule has 0 spiro atoms. The van der Waals surface area contributed by atoms with Crippen LogP contribution in [0.1, 0.15) is 119 Å². The summed E-state index contributed by atoms with van der Waals surface area (Å²) < 4.78 is 0. The molecule has 0 aromatic heterocycles. The molecule has 0 nitrogen and oxygen atoms in total. The monoisotopic (exact) mass is 412 g/mol. The summed E-state index contributed by atoms with van der Waals surface area (Å²) in [6.07, 6.45) is 18.9. The first-order chi connectivity index (χ1) is 14.2. The molecule has 0 bridgehead atoms. The fourth-order valence-electron chi connectivity index (χ4n) is 9.51. The van der Waals surface area contributed by atoms with Crippen molar-refractivity contribution in [1.82, 2.24) is 0 Å². The quantitative estimate of drug-likeness (QED) is 0.381. The van der Waals surface area contributed by atoms with Gasteiger partial charge in [0, 0.05) is 0 Å². The van der Waals surface area contributed by atoms with Gasteiger partial charge in [-0.1, -0.05) is 73.0 Å². The Balaban J connectivity index is 1.47. The van der Waals surface area contributed by atoms with Gasteiger partial charge in [0.05, 0.1) is 0 Å². The van der Waals surface area contributed by atoms with Crippen molar-refractivity contribution >= 4 is 0 Å². The predicted molar refractivity (Wildman–Crippen MR) is 131 cm³/mol. The second-order valence-corrected chi connectivity index (χ2v) is 13.3. The van der Waals surface area contributed by atoms with Gasteiger partial charge >= 0.3 is 0 Å². The molecular weight excluding hydrogens is 360 g/mol. The molecule has 0 aromatic rings. The molecule has 3 saturated carbocycles. The highest BCUT2D eigenvalue weighted by Crippen LogP contribution is 2.67. The van der Waals surface area contributed by atoms with Crippen molar-refractivity contribution in [3.05, 3.63) is 11.6 Å². The fourth-order valence-corrected chi connectivity index (χ4v) is 9.51. The molecule has 0 radical (unpaired) electrons. The first-order valence-corrected chi connectivity index (χ1v) is 13.9. The van der Waals surface area contributed by atoms with E-state index in [0.717, 1.165) is 47.3 Å². The maximum Gasteiger partial charge on any atom is -0.00851 e. The third-order valence-electron chi connectivity index (χ3n) is 11.6. The van der Waals surface area contributed by atoms with Crippen LogP contribution >= 0.6 is 0 Å². The summed E-state index contributed by atoms with van der Waals surface area (Å²) in [6.45, 7) is 17.8. The van der Waals surface area contributed by atoms with Gasteiger partial charge in [-0.2, -0.15) is 0 Å². The lowest BCUT2D eigenvalue weighted by atomic mass is 9.46. The van der Waals surface area contributed by atoms with Crippen LogP contribution in [0.25, 0.3) is 0 Å². The third-order valence-corrected chi connectivity index (χ3v) is 11.6. The van der Waals surface area contributed by atoms with Gasteiger partial charge in [0.1, 0.15) is 0 Å². The average Bonchev–Trinajstić information content (AvgIpc) is 3.06. The van der Waals surface area contributed by atoms with E-state index in [-0.39, 0.29) is 0 Å². The largest absolute Gasteiger partial charge is 0.0845 e. The van der Waals surface area contributed by atoms with Crippen LogP contribution in [0.2, 0.25) is 0 Å². The van der Waals surface area contributed by atoms with Crippen molar-refractivity contribution in [2.45, 2.75) is 119 Å². The molecule has 0 aromatic carbocycles. The molecule has 4 rings (SSSR count). The van der Waals surface area contributed by atoms with Crippen LogP contribution < -0.4 is 0 Å². The van der Waals surface area contributed by atoms with Crippen LogP contribution in [0.5, 0.6) is 0 Å². The maximum absolute atomic E-state index is 2.76. The van der Waals surface area contributed by atoms with Crippen molar-refractivity contribution in [2.75, 3.05) is 0 Å². The SMILES string of the molecule is CC[C@@H](CC[C@@H](C)C1CCC2[C@@H]3CC=C4C[C@@H](C)CC[C@]4(C)C3CC[C@@]21C)C(C)C. The number of hydrogen-bond donors (Lipinski definition) is 0. The van der Waals surface area contributed by atoms with Crippen LogP contribution in [0.3, 0.4) is 0 Å². The summed E-state index contributed by atoms with van der Waals surface area (Å²) in [4.78, 5) is 0. The van der Waals surface area contributed by atoms with Gasteiger partial charge in [0.2, 0.25) is 0 Å². The summed E-state index contributed by atoms with van der Waals surface area (Å²) in [5.74, 6) is 7.59. The summed E-state index contributed by atoms with van der Waals surface area (Å²) in [6, 6.07) is 0. The Morgan fingerprint density at radius 1 is 0.967 bits per heavy atom. The minimum absolute atomic E-state index is 0.548. The van der Waals surface area contributed by atoms with E-state index in [1.165, 1.54) is 70.6 Å². The second-order valence-electron chi connectivity index (χ2n) is 13.3. The van der Waals surface area contributed by atoms with E-state index >= 15 is 0 Å². The molecule has 0 saturated heterocycles. The van der Waals surface area contributed by atoms with Crippen molar-refractivity contribution in [1.29, 1.82) is 0 Å². The Morgan fingerprint density at radius 3 is 2.43 bits per heavy atom. The topological polar surface area (TPSA) is 0 Å². The maximum atomic E-state index is 2.76. The molecule has 0 N–H and O–H groups in total. The third kappa shape index (κ3) is 3.75. The van der Waals surface area contributed by atoms with Crippen molar-refractivity contribution in [2.24, 2.45) is 58.2 Å². The molecule has 0 heteroatoms. The summed E-state index contributed by atoms with van der Waals surface area (Å²) in [7, 11) is 0. The average molecular weight is 413 g/mol. The standard InChI is InChI=1S/C30H52/c1-8-23(20(2)3)10-9-22(5)26-13-14-27-25-12-11-24-19-21(4)15-17-29(24,6)28(25)16-18-30(26,27)7/h11,20-23,25-28H,8-10,12-19H2,1-7H3/t21-,22+,23-,25-,26?,27?,28?,29-,30+/m0/s1. The van der Waals surface area contributed by atoms with E-state index < -0.39 is 0 Å². The van der Waals surface area contributed by atoms with Gasteiger partial charge in [-0.15, -0.1) is 0 Å². The van der Waals surface area contributed by atoms with E-state index in [1.807, 2.05) is 5.57 Å². The Hall–Kier alpha value is -0.260. The van der Waals surface area contributed by atoms with Gasteiger partial charge in [-0.05, 0) is 116 Å². The van der Waals surface area contributed by atoms with Crippen molar-refractivity contribution < 1.29 is 0 Å². The van der Waals surface area contributed by atoms with E-state index in [9.17, 15) is 0 Å². The van der Waals surface area contributed by atoms with E-state index in [2.05, 4.69) is 54.5 Å². The minimum atomic E-state index is 0.548. The molecule has 4 aliphatic carbocycles. The van der Waals surface area contributed by atoms with Gasteiger partial charge in [-0.25, -0.2) is 0 Å². The molecule has 3 unspecified atom stereocenters. The zero-order valence-corrected chi connectivity index (χ0v) is 21.5. The lowest BCUT2D eigenvalue weighted by Crippen LogP contribution is -2.50. The molecule has 30 heavy (non-hydrogen) atoms. The summed E-state index contributed by atoms with van der Waals surface area (Å²) >= 11 is 0. The number of allylic oxidation sites excluding steroid dienone is 2. The zero-order valence-electron chi connectivity index (χ0n) is 21.5. The zero-order chi connectivity index (χ0) is 21.7. The second kappa shape index (κ2) is 8.59. The van der Waals surface area contributed by atoms with Crippen LogP contribution in [0, 0.1) is 58.2 Å². The molecule has 0 aliphatic heterocycles. The van der Waals surface area contributed by atoms with Gasteiger partial charge in [-0.3, -0.25) is 0 Å². The van der Waals surface area contributed by atoms with Crippen LogP contribution in [0.4, 0.5) is 0 Å². The van der Waals surface area contributed by atoms with Crippen LogP contribution in [-0.2, 0) is 0 Å². The Kier molecular flexibility index (Phi) is 6.56. The molecule has 3 fully saturated rings. The molecule has 9 atom stereocenters. The van der Waals surface area contributed by atoms with Crippen molar-refractivity contribution in [3.63, 3.8) is 0 Å². The Morgan fingerprint density at radius 2 is 1.73 bits per heavy atom. The number of hydrogen-bond acceptors (Lipinski definition) is 0. The molecular formula is C30H52. The fraction of sp³-hybridized carbons (Fsp3) is 0.933. The minimum Gasteiger partial charge on any atom is -0.0845 e. The van der Waals surface area contributed by atoms with Gasteiger partial charge in [0.25, 0.3) is 0 Å². The Bertz CT molecular complexity index is 628. The molecule has 172 valence electrons. The van der Waals surface area contributed by atoms with E-state index in [1.54, 1.807) is 0 Å². The van der Waals surface area contributed by atoms with Gasteiger partial charge in [0.15, 0.2) is 0 Å². The first-order valence-electron chi connectivity index (χ1n) is 13.9. The Labute approximate surface area is 189 Å². The molecule has 4 aliphatic rings. The number of fused-ring (bicyclic) bond motifs is 5. The smallest absolute Gasteiger partial charge is 0.00851 e.